The zero-order valence-corrected chi connectivity index (χ0v) is 12.3. The molecule has 0 unspecified atom stereocenters. The number of ether oxygens (including phenoxy) is 1. The van der Waals surface area contributed by atoms with Crippen LogP contribution in [0.4, 0.5) is 24.1 Å². The second kappa shape index (κ2) is 6.65. The molecule has 2 aromatic rings. The van der Waals surface area contributed by atoms with Crippen LogP contribution in [0.3, 0.4) is 0 Å². The van der Waals surface area contributed by atoms with Crippen molar-refractivity contribution in [2.24, 2.45) is 5.10 Å². The average molecular weight is 330 g/mol. The lowest BCUT2D eigenvalue weighted by Gasteiger charge is -2.13. The third-order valence-corrected chi connectivity index (χ3v) is 3.27. The molecule has 0 fully saturated rings. The zero-order chi connectivity index (χ0) is 16.2. The van der Waals surface area contributed by atoms with E-state index in [0.717, 1.165) is 6.07 Å². The molecule has 9 heteroatoms. The van der Waals surface area contributed by atoms with Gasteiger partial charge in [0.1, 0.15) is 11.6 Å². The maximum atomic E-state index is 13.0. The highest BCUT2D eigenvalue weighted by Gasteiger charge is 2.34. The second-order valence-corrected chi connectivity index (χ2v) is 4.99. The monoisotopic (exact) mass is 330 g/mol. The van der Waals surface area contributed by atoms with Gasteiger partial charge in [0.25, 0.3) is 0 Å². The van der Waals surface area contributed by atoms with E-state index in [2.05, 4.69) is 15.5 Å². The summed E-state index contributed by atoms with van der Waals surface area (Å²) in [6.45, 7) is 1.78. The van der Waals surface area contributed by atoms with Gasteiger partial charge in [-0.1, -0.05) is 0 Å². The van der Waals surface area contributed by atoms with E-state index in [0.29, 0.717) is 10.9 Å². The van der Waals surface area contributed by atoms with Gasteiger partial charge in [-0.05, 0) is 30.7 Å². The standard InChI is InChI=1S/C13H13F3N4OS/c1-2-21-10-4-3-8(5-9(10)13(14,15)16)6-18-20-12-19-11(17)7-22-12/h3-7H,2,17H2,1H3,(H,19,20). The lowest BCUT2D eigenvalue weighted by Crippen LogP contribution is -2.09. The van der Waals surface area contributed by atoms with Crippen molar-refractivity contribution in [3.63, 3.8) is 0 Å². The summed E-state index contributed by atoms with van der Waals surface area (Å²) in [6.07, 6.45) is -3.23. The van der Waals surface area contributed by atoms with Gasteiger partial charge in [-0.3, -0.25) is 5.43 Å². The largest absolute Gasteiger partial charge is 0.493 e. The number of hydrazone groups is 1. The Hall–Kier alpha value is -2.29. The number of alkyl halides is 3. The van der Waals surface area contributed by atoms with Gasteiger partial charge in [-0.15, -0.1) is 11.3 Å². The molecular formula is C13H13F3N4OS. The van der Waals surface area contributed by atoms with Crippen molar-refractivity contribution in [1.82, 2.24) is 4.98 Å². The molecule has 0 aliphatic rings. The molecule has 1 aromatic heterocycles. The van der Waals surface area contributed by atoms with Crippen LogP contribution in [-0.2, 0) is 6.18 Å². The van der Waals surface area contributed by atoms with Gasteiger partial charge in [0.15, 0.2) is 0 Å². The van der Waals surface area contributed by atoms with Gasteiger partial charge >= 0.3 is 6.18 Å². The number of anilines is 2. The summed E-state index contributed by atoms with van der Waals surface area (Å²) in [7, 11) is 0. The van der Waals surface area contributed by atoms with Crippen LogP contribution in [0.25, 0.3) is 0 Å². The Morgan fingerprint density at radius 3 is 2.82 bits per heavy atom. The van der Waals surface area contributed by atoms with Crippen LogP contribution in [0.15, 0.2) is 28.7 Å². The lowest BCUT2D eigenvalue weighted by atomic mass is 10.1. The van der Waals surface area contributed by atoms with Crippen LogP contribution < -0.4 is 15.9 Å². The van der Waals surface area contributed by atoms with E-state index in [-0.39, 0.29) is 17.9 Å². The molecule has 0 aliphatic carbocycles. The number of nitrogens with two attached hydrogens (primary N) is 1. The molecular weight excluding hydrogens is 317 g/mol. The number of hydrogen-bond acceptors (Lipinski definition) is 6. The smallest absolute Gasteiger partial charge is 0.419 e. The van der Waals surface area contributed by atoms with Crippen LogP contribution in [0, 0.1) is 0 Å². The number of nitrogen functional groups attached to an aromatic ring is 1. The summed E-state index contributed by atoms with van der Waals surface area (Å²) in [5.41, 5.74) is 7.49. The summed E-state index contributed by atoms with van der Waals surface area (Å²) in [4.78, 5) is 3.91. The number of halogens is 3. The minimum Gasteiger partial charge on any atom is -0.493 e. The van der Waals surface area contributed by atoms with Crippen molar-refractivity contribution >= 4 is 28.5 Å². The molecule has 0 bridgehead atoms. The number of nitrogens with one attached hydrogen (secondary N) is 1. The second-order valence-electron chi connectivity index (χ2n) is 4.13. The molecule has 3 N–H and O–H groups in total. The van der Waals surface area contributed by atoms with E-state index < -0.39 is 11.7 Å². The number of nitrogens with zero attached hydrogens (tertiary/aromatic N) is 2. The van der Waals surface area contributed by atoms with Crippen molar-refractivity contribution in [3.05, 3.63) is 34.7 Å². The number of benzene rings is 1. The van der Waals surface area contributed by atoms with Crippen molar-refractivity contribution in [1.29, 1.82) is 0 Å². The van der Waals surface area contributed by atoms with Crippen molar-refractivity contribution < 1.29 is 17.9 Å². The Morgan fingerprint density at radius 2 is 2.23 bits per heavy atom. The molecule has 0 radical (unpaired) electrons. The first kappa shape index (κ1) is 16.1. The van der Waals surface area contributed by atoms with Gasteiger partial charge < -0.3 is 10.5 Å². The molecule has 1 heterocycles. The third kappa shape index (κ3) is 4.10. The van der Waals surface area contributed by atoms with E-state index in [1.54, 1.807) is 12.3 Å². The van der Waals surface area contributed by atoms with Gasteiger partial charge in [-0.2, -0.15) is 18.3 Å². The van der Waals surface area contributed by atoms with E-state index >= 15 is 0 Å². The maximum Gasteiger partial charge on any atom is 0.419 e. The highest BCUT2D eigenvalue weighted by atomic mass is 32.1. The van der Waals surface area contributed by atoms with E-state index in [9.17, 15) is 13.2 Å². The fraction of sp³-hybridized carbons (Fsp3) is 0.231. The lowest BCUT2D eigenvalue weighted by molar-refractivity contribution is -0.138. The Bertz CT molecular complexity index is 670. The van der Waals surface area contributed by atoms with Crippen LogP contribution >= 0.6 is 11.3 Å². The summed E-state index contributed by atoms with van der Waals surface area (Å²) in [5, 5.41) is 5.91. The SMILES string of the molecule is CCOc1ccc(C=NNc2nc(N)cs2)cc1C(F)(F)F. The Kier molecular flexibility index (Phi) is 4.86. The molecule has 118 valence electrons. The van der Waals surface area contributed by atoms with Gasteiger partial charge in [0.05, 0.1) is 18.4 Å². The first-order valence-electron chi connectivity index (χ1n) is 6.24. The molecule has 1 aromatic carbocycles. The molecule has 0 saturated carbocycles. The highest BCUT2D eigenvalue weighted by Crippen LogP contribution is 2.36. The highest BCUT2D eigenvalue weighted by molar-refractivity contribution is 7.14. The molecule has 22 heavy (non-hydrogen) atoms. The number of hydrogen-bond donors (Lipinski definition) is 2. The average Bonchev–Trinajstić information content (AvgIpc) is 2.85. The van der Waals surface area contributed by atoms with Crippen molar-refractivity contribution in [3.8, 4) is 5.75 Å². The summed E-state index contributed by atoms with van der Waals surface area (Å²) >= 11 is 1.24. The van der Waals surface area contributed by atoms with Crippen LogP contribution in [-0.4, -0.2) is 17.8 Å². The fourth-order valence-corrected chi connectivity index (χ4v) is 2.18. The molecule has 0 saturated heterocycles. The molecule has 5 nitrogen and oxygen atoms in total. The van der Waals surface area contributed by atoms with Crippen LogP contribution in [0.2, 0.25) is 0 Å². The normalized spacial score (nSPS) is 11.8. The van der Waals surface area contributed by atoms with Gasteiger partial charge in [0, 0.05) is 5.38 Å². The van der Waals surface area contributed by atoms with Gasteiger partial charge in [-0.25, -0.2) is 4.98 Å². The van der Waals surface area contributed by atoms with Crippen LogP contribution in [0.5, 0.6) is 5.75 Å². The van der Waals surface area contributed by atoms with E-state index in [4.69, 9.17) is 10.5 Å². The molecule has 2 rings (SSSR count). The predicted molar refractivity (Wildman–Crippen MR) is 80.4 cm³/mol. The summed E-state index contributed by atoms with van der Waals surface area (Å²) in [5.74, 6) is 0.149. The molecule has 0 amide bonds. The molecule has 0 spiro atoms. The minimum atomic E-state index is -4.49. The Balaban J connectivity index is 2.17. The summed E-state index contributed by atoms with van der Waals surface area (Å²) in [6, 6.07) is 3.74. The topological polar surface area (TPSA) is 72.5 Å². The number of rotatable bonds is 5. The zero-order valence-electron chi connectivity index (χ0n) is 11.5. The number of aromatic nitrogens is 1. The first-order valence-corrected chi connectivity index (χ1v) is 7.12. The quantitative estimate of drug-likeness (QED) is 0.649. The Morgan fingerprint density at radius 1 is 1.45 bits per heavy atom. The van der Waals surface area contributed by atoms with Crippen molar-refractivity contribution in [2.75, 3.05) is 17.8 Å². The first-order chi connectivity index (χ1) is 10.4. The van der Waals surface area contributed by atoms with E-state index in [1.165, 1.54) is 29.7 Å². The van der Waals surface area contributed by atoms with Crippen LogP contribution in [0.1, 0.15) is 18.1 Å². The Labute approximate surface area is 128 Å². The van der Waals surface area contributed by atoms with E-state index in [1.807, 2.05) is 0 Å². The molecule has 0 aliphatic heterocycles. The molecule has 0 atom stereocenters. The third-order valence-electron chi connectivity index (χ3n) is 2.50. The van der Waals surface area contributed by atoms with Crippen molar-refractivity contribution in [2.45, 2.75) is 13.1 Å². The summed E-state index contributed by atoms with van der Waals surface area (Å²) < 4.78 is 43.9. The maximum absolute atomic E-state index is 13.0. The predicted octanol–water partition coefficient (Wildman–Crippen LogP) is 3.59. The minimum absolute atomic E-state index is 0.156. The van der Waals surface area contributed by atoms with Gasteiger partial charge in [0.2, 0.25) is 5.13 Å². The fourth-order valence-electron chi connectivity index (χ4n) is 1.63. The number of thiazole rings is 1.